The molecule has 0 aliphatic heterocycles. The van der Waals surface area contributed by atoms with Crippen LogP contribution in [0.5, 0.6) is 5.75 Å². The van der Waals surface area contributed by atoms with Gasteiger partial charge in [0.2, 0.25) is 0 Å². The maximum atomic E-state index is 6.21. The Hall–Kier alpha value is -1.54. The monoisotopic (exact) mass is 271 g/mol. The van der Waals surface area contributed by atoms with Gasteiger partial charge in [-0.15, -0.1) is 0 Å². The Balaban J connectivity index is 2.16. The van der Waals surface area contributed by atoms with Crippen LogP contribution in [0.1, 0.15) is 33.1 Å². The van der Waals surface area contributed by atoms with E-state index in [-0.39, 0.29) is 6.10 Å². The van der Waals surface area contributed by atoms with Gasteiger partial charge in [-0.1, -0.05) is 50.6 Å². The zero-order valence-electron chi connectivity index (χ0n) is 12.7. The lowest BCUT2D eigenvalue weighted by molar-refractivity contribution is 0.147. The third kappa shape index (κ3) is 3.51. The molecule has 0 amide bonds. The summed E-state index contributed by atoms with van der Waals surface area (Å²) in [7, 11) is 2.02. The molecule has 0 aliphatic carbocycles. The van der Waals surface area contributed by atoms with E-state index in [1.165, 1.54) is 17.2 Å². The quantitative estimate of drug-likeness (QED) is 0.806. The van der Waals surface area contributed by atoms with Gasteiger partial charge in [0.25, 0.3) is 0 Å². The minimum absolute atomic E-state index is 0.223. The fraction of sp³-hybridized carbons (Fsp3) is 0.444. The van der Waals surface area contributed by atoms with E-state index in [0.29, 0.717) is 6.04 Å². The maximum Gasteiger partial charge on any atom is 0.120 e. The van der Waals surface area contributed by atoms with Gasteiger partial charge in [-0.05, 0) is 42.8 Å². The van der Waals surface area contributed by atoms with E-state index >= 15 is 0 Å². The molecule has 20 heavy (non-hydrogen) atoms. The molecular weight excluding hydrogens is 246 g/mol. The van der Waals surface area contributed by atoms with Crippen LogP contribution < -0.4 is 10.1 Å². The van der Waals surface area contributed by atoms with Gasteiger partial charge in [-0.25, -0.2) is 0 Å². The Morgan fingerprint density at radius 2 is 1.80 bits per heavy atom. The van der Waals surface area contributed by atoms with Crippen molar-refractivity contribution in [3.8, 4) is 5.75 Å². The van der Waals surface area contributed by atoms with Crippen LogP contribution in [0.25, 0.3) is 10.8 Å². The van der Waals surface area contributed by atoms with Crippen molar-refractivity contribution in [1.29, 1.82) is 0 Å². The molecule has 2 unspecified atom stereocenters. The van der Waals surface area contributed by atoms with Gasteiger partial charge in [0.05, 0.1) is 0 Å². The van der Waals surface area contributed by atoms with Crippen molar-refractivity contribution < 1.29 is 4.74 Å². The Bertz CT molecular complexity index is 538. The second-order valence-corrected chi connectivity index (χ2v) is 5.26. The van der Waals surface area contributed by atoms with E-state index < -0.39 is 0 Å². The second kappa shape index (κ2) is 7.30. The van der Waals surface area contributed by atoms with Crippen LogP contribution in [0.3, 0.4) is 0 Å². The highest BCUT2D eigenvalue weighted by molar-refractivity contribution is 5.83. The van der Waals surface area contributed by atoms with Crippen molar-refractivity contribution in [2.45, 2.75) is 45.3 Å². The SMILES string of the molecule is CCCC(NC)C(CC)Oc1ccc2ccccc2c1. The lowest BCUT2D eigenvalue weighted by atomic mass is 10.0. The fourth-order valence-electron chi connectivity index (χ4n) is 2.69. The lowest BCUT2D eigenvalue weighted by Gasteiger charge is -2.26. The minimum Gasteiger partial charge on any atom is -0.489 e. The van der Waals surface area contributed by atoms with Crippen LogP contribution in [-0.2, 0) is 0 Å². The Kier molecular flexibility index (Phi) is 5.42. The summed E-state index contributed by atoms with van der Waals surface area (Å²) >= 11 is 0. The smallest absolute Gasteiger partial charge is 0.120 e. The summed E-state index contributed by atoms with van der Waals surface area (Å²) < 4.78 is 6.21. The molecule has 0 saturated heterocycles. The van der Waals surface area contributed by atoms with E-state index in [9.17, 15) is 0 Å². The Labute approximate surface area is 122 Å². The van der Waals surface area contributed by atoms with Crippen LogP contribution in [0.2, 0.25) is 0 Å². The van der Waals surface area contributed by atoms with Gasteiger partial charge < -0.3 is 10.1 Å². The van der Waals surface area contributed by atoms with Crippen molar-refractivity contribution in [3.05, 3.63) is 42.5 Å². The molecule has 2 aromatic rings. The summed E-state index contributed by atoms with van der Waals surface area (Å²) in [4.78, 5) is 0. The molecule has 0 aliphatic rings. The van der Waals surface area contributed by atoms with E-state index in [1.54, 1.807) is 0 Å². The van der Waals surface area contributed by atoms with Gasteiger partial charge in [0.15, 0.2) is 0 Å². The van der Waals surface area contributed by atoms with Gasteiger partial charge in [-0.2, -0.15) is 0 Å². The molecule has 0 aromatic heterocycles. The molecule has 0 spiro atoms. The number of fused-ring (bicyclic) bond motifs is 1. The summed E-state index contributed by atoms with van der Waals surface area (Å²) in [5.41, 5.74) is 0. The predicted molar refractivity (Wildman–Crippen MR) is 86.4 cm³/mol. The van der Waals surface area contributed by atoms with Gasteiger partial charge in [-0.3, -0.25) is 0 Å². The lowest BCUT2D eigenvalue weighted by Crippen LogP contribution is -2.40. The topological polar surface area (TPSA) is 21.3 Å². The van der Waals surface area contributed by atoms with E-state index in [1.807, 2.05) is 7.05 Å². The predicted octanol–water partition coefficient (Wildman–Crippen LogP) is 4.39. The number of nitrogens with one attached hydrogen (secondary N) is 1. The van der Waals surface area contributed by atoms with E-state index in [2.05, 4.69) is 61.6 Å². The van der Waals surface area contributed by atoms with Gasteiger partial charge in [0, 0.05) is 6.04 Å². The number of rotatable bonds is 7. The standard InChI is InChI=1S/C18H25NO/c1-4-8-17(19-3)18(5-2)20-16-12-11-14-9-6-7-10-15(14)13-16/h6-7,9-13,17-19H,4-5,8H2,1-3H3. The first-order chi connectivity index (χ1) is 9.78. The summed E-state index contributed by atoms with van der Waals surface area (Å²) in [5.74, 6) is 0.965. The molecule has 2 nitrogen and oxygen atoms in total. The zero-order valence-corrected chi connectivity index (χ0v) is 12.7. The number of benzene rings is 2. The molecule has 0 radical (unpaired) electrons. The van der Waals surface area contributed by atoms with Crippen LogP contribution in [0.4, 0.5) is 0 Å². The summed E-state index contributed by atoms with van der Waals surface area (Å²) in [6, 6.07) is 15.1. The molecule has 0 heterocycles. The fourth-order valence-corrected chi connectivity index (χ4v) is 2.69. The third-order valence-electron chi connectivity index (χ3n) is 3.83. The van der Waals surface area contributed by atoms with Crippen LogP contribution in [0.15, 0.2) is 42.5 Å². The average Bonchev–Trinajstić information content (AvgIpc) is 2.50. The highest BCUT2D eigenvalue weighted by atomic mass is 16.5. The van der Waals surface area contributed by atoms with Crippen molar-refractivity contribution in [2.75, 3.05) is 7.05 Å². The van der Waals surface area contributed by atoms with Crippen molar-refractivity contribution in [1.82, 2.24) is 5.32 Å². The summed E-state index contributed by atoms with van der Waals surface area (Å²) in [5, 5.41) is 5.88. The second-order valence-electron chi connectivity index (χ2n) is 5.26. The number of ether oxygens (including phenoxy) is 1. The molecule has 0 saturated carbocycles. The summed E-state index contributed by atoms with van der Waals surface area (Å²) in [6.07, 6.45) is 3.55. The highest BCUT2D eigenvalue weighted by Gasteiger charge is 2.19. The summed E-state index contributed by atoms with van der Waals surface area (Å²) in [6.45, 7) is 4.40. The zero-order chi connectivity index (χ0) is 14.4. The first-order valence-electron chi connectivity index (χ1n) is 7.61. The Morgan fingerprint density at radius 1 is 1.05 bits per heavy atom. The third-order valence-corrected chi connectivity index (χ3v) is 3.83. The number of hydrogen-bond donors (Lipinski definition) is 1. The van der Waals surface area contributed by atoms with Gasteiger partial charge >= 0.3 is 0 Å². The molecular formula is C18H25NO. The largest absolute Gasteiger partial charge is 0.489 e. The normalized spacial score (nSPS) is 14.2. The maximum absolute atomic E-state index is 6.21. The van der Waals surface area contributed by atoms with Crippen LogP contribution >= 0.6 is 0 Å². The van der Waals surface area contributed by atoms with Crippen molar-refractivity contribution >= 4 is 10.8 Å². The first-order valence-corrected chi connectivity index (χ1v) is 7.61. The van der Waals surface area contributed by atoms with E-state index in [4.69, 9.17) is 4.74 Å². The molecule has 0 fully saturated rings. The van der Waals surface area contributed by atoms with Crippen LogP contribution in [0, 0.1) is 0 Å². The number of likely N-dealkylation sites (N-methyl/N-ethyl adjacent to an activating group) is 1. The molecule has 2 atom stereocenters. The average molecular weight is 271 g/mol. The van der Waals surface area contributed by atoms with E-state index in [0.717, 1.165) is 18.6 Å². The molecule has 108 valence electrons. The highest BCUT2D eigenvalue weighted by Crippen LogP contribution is 2.23. The molecule has 2 heteroatoms. The number of hydrogen-bond acceptors (Lipinski definition) is 2. The first kappa shape index (κ1) is 14.9. The molecule has 1 N–H and O–H groups in total. The van der Waals surface area contributed by atoms with Crippen LogP contribution in [-0.4, -0.2) is 19.2 Å². The van der Waals surface area contributed by atoms with Crippen molar-refractivity contribution in [3.63, 3.8) is 0 Å². The molecule has 0 bridgehead atoms. The Morgan fingerprint density at radius 3 is 2.45 bits per heavy atom. The minimum atomic E-state index is 0.223. The molecule has 2 rings (SSSR count). The van der Waals surface area contributed by atoms with Gasteiger partial charge in [0.1, 0.15) is 11.9 Å². The molecule has 2 aromatic carbocycles. The van der Waals surface area contributed by atoms with Crippen molar-refractivity contribution in [2.24, 2.45) is 0 Å².